The molecule has 23 heavy (non-hydrogen) atoms. The van der Waals surface area contributed by atoms with Crippen molar-refractivity contribution < 1.29 is 4.79 Å². The van der Waals surface area contributed by atoms with Crippen LogP contribution in [-0.4, -0.2) is 21.5 Å². The van der Waals surface area contributed by atoms with Crippen LogP contribution in [0.1, 0.15) is 45.6 Å². The molecule has 0 saturated heterocycles. The van der Waals surface area contributed by atoms with Crippen molar-refractivity contribution in [2.24, 2.45) is 11.7 Å². The number of para-hydroxylation sites is 2. The molecule has 2 unspecified atom stereocenters. The molecule has 1 aliphatic rings. The van der Waals surface area contributed by atoms with E-state index in [0.717, 1.165) is 23.9 Å². The van der Waals surface area contributed by atoms with E-state index in [2.05, 4.69) is 20.9 Å². The Bertz CT molecular complexity index is 676. The van der Waals surface area contributed by atoms with Crippen LogP contribution in [0.3, 0.4) is 0 Å². The van der Waals surface area contributed by atoms with E-state index in [1.54, 1.807) is 0 Å². The summed E-state index contributed by atoms with van der Waals surface area (Å²) < 4.78 is 2.20. The van der Waals surface area contributed by atoms with E-state index in [1.165, 1.54) is 12.8 Å². The van der Waals surface area contributed by atoms with Crippen molar-refractivity contribution in [3.8, 4) is 0 Å². The second kappa shape index (κ2) is 7.32. The van der Waals surface area contributed by atoms with Gasteiger partial charge in [-0.25, -0.2) is 4.98 Å². The van der Waals surface area contributed by atoms with E-state index in [0.29, 0.717) is 12.0 Å². The standard InChI is InChI=1S/C17H24N4O.ClH/c1-11(12(2)18)16(22)20-17-19-14-9-5-6-10-15(14)21(17)13-7-3-4-8-13;/h5-6,9-13H,3-4,7-8,18H2,1-2H3,(H,19,20,22);1H. The molecule has 2 atom stereocenters. The third-order valence-electron chi connectivity index (χ3n) is 4.72. The summed E-state index contributed by atoms with van der Waals surface area (Å²) >= 11 is 0. The Balaban J connectivity index is 0.00000192. The number of benzene rings is 1. The van der Waals surface area contributed by atoms with E-state index in [1.807, 2.05) is 32.0 Å². The van der Waals surface area contributed by atoms with Crippen molar-refractivity contribution in [2.75, 3.05) is 5.32 Å². The highest BCUT2D eigenvalue weighted by Gasteiger charge is 2.25. The van der Waals surface area contributed by atoms with Crippen molar-refractivity contribution >= 4 is 35.3 Å². The first-order valence-corrected chi connectivity index (χ1v) is 8.11. The summed E-state index contributed by atoms with van der Waals surface area (Å²) in [6.45, 7) is 3.70. The predicted molar refractivity (Wildman–Crippen MR) is 95.9 cm³/mol. The summed E-state index contributed by atoms with van der Waals surface area (Å²) in [6, 6.07) is 8.31. The molecule has 1 aliphatic carbocycles. The molecule has 0 bridgehead atoms. The minimum atomic E-state index is -0.239. The number of nitrogens with one attached hydrogen (secondary N) is 1. The number of carbonyl (C=O) groups excluding carboxylic acids is 1. The van der Waals surface area contributed by atoms with Gasteiger partial charge in [0.05, 0.1) is 17.0 Å². The molecule has 1 saturated carbocycles. The molecule has 0 radical (unpaired) electrons. The molecule has 1 fully saturated rings. The van der Waals surface area contributed by atoms with Crippen LogP contribution in [0.5, 0.6) is 0 Å². The number of amides is 1. The molecule has 3 N–H and O–H groups in total. The van der Waals surface area contributed by atoms with Crippen molar-refractivity contribution in [3.63, 3.8) is 0 Å². The normalized spacial score (nSPS) is 17.7. The van der Waals surface area contributed by atoms with Crippen molar-refractivity contribution in [3.05, 3.63) is 24.3 Å². The van der Waals surface area contributed by atoms with Gasteiger partial charge in [0.2, 0.25) is 11.9 Å². The van der Waals surface area contributed by atoms with Crippen LogP contribution in [0, 0.1) is 5.92 Å². The lowest BCUT2D eigenvalue weighted by Crippen LogP contribution is -2.35. The monoisotopic (exact) mass is 336 g/mol. The Kier molecular flexibility index (Phi) is 5.65. The summed E-state index contributed by atoms with van der Waals surface area (Å²) in [7, 11) is 0. The quantitative estimate of drug-likeness (QED) is 0.897. The lowest BCUT2D eigenvalue weighted by molar-refractivity contribution is -0.119. The Labute approximate surface area is 143 Å². The third kappa shape index (κ3) is 3.51. The van der Waals surface area contributed by atoms with Crippen LogP contribution < -0.4 is 11.1 Å². The molecular formula is C17H25ClN4O. The second-order valence-corrected chi connectivity index (χ2v) is 6.37. The molecule has 5 nitrogen and oxygen atoms in total. The zero-order valence-electron chi connectivity index (χ0n) is 13.7. The van der Waals surface area contributed by atoms with Crippen LogP contribution in [0.4, 0.5) is 5.95 Å². The van der Waals surface area contributed by atoms with Crippen molar-refractivity contribution in [1.29, 1.82) is 0 Å². The Hall–Kier alpha value is -1.59. The zero-order chi connectivity index (χ0) is 15.7. The molecule has 1 aromatic carbocycles. The number of rotatable bonds is 4. The number of halogens is 1. The van der Waals surface area contributed by atoms with Gasteiger partial charge in [0.1, 0.15) is 0 Å². The van der Waals surface area contributed by atoms with E-state index in [-0.39, 0.29) is 30.3 Å². The molecule has 126 valence electrons. The number of imidazole rings is 1. The fourth-order valence-electron chi connectivity index (χ4n) is 3.13. The van der Waals surface area contributed by atoms with Crippen molar-refractivity contribution in [1.82, 2.24) is 9.55 Å². The summed E-state index contributed by atoms with van der Waals surface area (Å²) in [5, 5.41) is 2.99. The van der Waals surface area contributed by atoms with E-state index < -0.39 is 0 Å². The number of fused-ring (bicyclic) bond motifs is 1. The fourth-order valence-corrected chi connectivity index (χ4v) is 3.13. The van der Waals surface area contributed by atoms with Crippen LogP contribution >= 0.6 is 12.4 Å². The lowest BCUT2D eigenvalue weighted by Gasteiger charge is -2.19. The number of aromatic nitrogens is 2. The summed E-state index contributed by atoms with van der Waals surface area (Å²) in [5.41, 5.74) is 7.86. The SMILES string of the molecule is CC(N)C(C)C(=O)Nc1nc2ccccc2n1C1CCCC1.Cl. The van der Waals surface area contributed by atoms with Gasteiger partial charge in [-0.1, -0.05) is 31.9 Å². The van der Waals surface area contributed by atoms with Gasteiger partial charge in [-0.15, -0.1) is 12.4 Å². The minimum absolute atomic E-state index is 0. The molecule has 1 amide bonds. The number of hydrogen-bond acceptors (Lipinski definition) is 3. The van der Waals surface area contributed by atoms with Crippen LogP contribution in [0.25, 0.3) is 11.0 Å². The fraction of sp³-hybridized carbons (Fsp3) is 0.529. The Morgan fingerprint density at radius 2 is 1.96 bits per heavy atom. The smallest absolute Gasteiger partial charge is 0.231 e. The first kappa shape index (κ1) is 17.8. The highest BCUT2D eigenvalue weighted by molar-refractivity contribution is 5.93. The minimum Gasteiger partial charge on any atom is -0.327 e. The molecule has 6 heteroatoms. The number of nitrogens with two attached hydrogens (primary N) is 1. The summed E-state index contributed by atoms with van der Waals surface area (Å²) in [5.74, 6) is 0.354. The van der Waals surface area contributed by atoms with Crippen LogP contribution in [0.2, 0.25) is 0 Å². The number of hydrogen-bond donors (Lipinski definition) is 2. The Morgan fingerprint density at radius 3 is 2.61 bits per heavy atom. The highest BCUT2D eigenvalue weighted by Crippen LogP contribution is 2.35. The molecule has 1 heterocycles. The maximum absolute atomic E-state index is 12.4. The molecular weight excluding hydrogens is 312 g/mol. The first-order valence-electron chi connectivity index (χ1n) is 8.11. The molecule has 0 aliphatic heterocycles. The summed E-state index contributed by atoms with van der Waals surface area (Å²) in [6.07, 6.45) is 4.76. The average Bonchev–Trinajstić information content (AvgIpc) is 3.12. The predicted octanol–water partition coefficient (Wildman–Crippen LogP) is 3.50. The molecule has 0 spiro atoms. The molecule has 2 aromatic rings. The number of carbonyl (C=O) groups is 1. The van der Waals surface area contributed by atoms with Gasteiger partial charge in [0, 0.05) is 12.1 Å². The van der Waals surface area contributed by atoms with Gasteiger partial charge in [0.25, 0.3) is 0 Å². The van der Waals surface area contributed by atoms with Gasteiger partial charge >= 0.3 is 0 Å². The number of nitrogens with zero attached hydrogens (tertiary/aromatic N) is 2. The second-order valence-electron chi connectivity index (χ2n) is 6.37. The Morgan fingerprint density at radius 1 is 1.30 bits per heavy atom. The molecule has 1 aromatic heterocycles. The highest BCUT2D eigenvalue weighted by atomic mass is 35.5. The number of anilines is 1. The summed E-state index contributed by atoms with van der Waals surface area (Å²) in [4.78, 5) is 17.0. The van der Waals surface area contributed by atoms with E-state index >= 15 is 0 Å². The van der Waals surface area contributed by atoms with Gasteiger partial charge in [-0.05, 0) is 31.9 Å². The largest absolute Gasteiger partial charge is 0.327 e. The van der Waals surface area contributed by atoms with Crippen LogP contribution in [-0.2, 0) is 4.79 Å². The zero-order valence-corrected chi connectivity index (χ0v) is 14.5. The average molecular weight is 337 g/mol. The van der Waals surface area contributed by atoms with Gasteiger partial charge in [0.15, 0.2) is 0 Å². The van der Waals surface area contributed by atoms with E-state index in [9.17, 15) is 4.79 Å². The first-order chi connectivity index (χ1) is 10.6. The van der Waals surface area contributed by atoms with Crippen molar-refractivity contribution in [2.45, 2.75) is 51.6 Å². The molecule has 3 rings (SSSR count). The maximum Gasteiger partial charge on any atom is 0.231 e. The van der Waals surface area contributed by atoms with Crippen LogP contribution in [0.15, 0.2) is 24.3 Å². The lowest BCUT2D eigenvalue weighted by atomic mass is 10.0. The maximum atomic E-state index is 12.4. The van der Waals surface area contributed by atoms with Gasteiger partial charge in [-0.2, -0.15) is 0 Å². The third-order valence-corrected chi connectivity index (χ3v) is 4.72. The van der Waals surface area contributed by atoms with Gasteiger partial charge in [-0.3, -0.25) is 10.1 Å². The van der Waals surface area contributed by atoms with E-state index in [4.69, 9.17) is 5.73 Å². The van der Waals surface area contributed by atoms with Gasteiger partial charge < -0.3 is 10.3 Å². The topological polar surface area (TPSA) is 72.9 Å².